The molecule has 1 rings (SSSR count). The van der Waals surface area contributed by atoms with Crippen molar-refractivity contribution in [2.24, 2.45) is 0 Å². The van der Waals surface area contributed by atoms with Crippen LogP contribution >= 0.6 is 11.8 Å². The van der Waals surface area contributed by atoms with Crippen LogP contribution in [0.5, 0.6) is 0 Å². The molecule has 0 radical (unpaired) electrons. The highest BCUT2D eigenvalue weighted by atomic mass is 32.2. The number of alkyl halides is 1. The number of rotatable bonds is 3. The van der Waals surface area contributed by atoms with Crippen LogP contribution in [-0.2, 0) is 4.79 Å². The van der Waals surface area contributed by atoms with E-state index in [-0.39, 0.29) is 5.91 Å². The van der Waals surface area contributed by atoms with E-state index in [1.165, 1.54) is 18.7 Å². The predicted octanol–water partition coefficient (Wildman–Crippen LogP) is 2.73. The first-order valence-corrected chi connectivity index (χ1v) is 5.79. The SMILES string of the molecule is C=CSC(=C)C1(F)CCN(C(C)=O)CC1. The van der Waals surface area contributed by atoms with E-state index in [0.29, 0.717) is 30.8 Å². The third-order valence-corrected chi connectivity index (χ3v) is 3.54. The maximum absolute atomic E-state index is 14.3. The summed E-state index contributed by atoms with van der Waals surface area (Å²) in [6, 6.07) is 0. The van der Waals surface area contributed by atoms with Crippen molar-refractivity contribution < 1.29 is 9.18 Å². The summed E-state index contributed by atoms with van der Waals surface area (Å²) >= 11 is 1.24. The number of hydrogen-bond acceptors (Lipinski definition) is 2. The van der Waals surface area contributed by atoms with E-state index in [0.717, 1.165) is 0 Å². The van der Waals surface area contributed by atoms with Gasteiger partial charge in [-0.25, -0.2) is 4.39 Å². The number of piperidine rings is 1. The first-order valence-electron chi connectivity index (χ1n) is 4.91. The van der Waals surface area contributed by atoms with Crippen LogP contribution in [0, 0.1) is 0 Å². The van der Waals surface area contributed by atoms with Crippen LogP contribution in [0.4, 0.5) is 4.39 Å². The number of nitrogens with zero attached hydrogens (tertiary/aromatic N) is 1. The minimum absolute atomic E-state index is 0.0130. The van der Waals surface area contributed by atoms with Crippen molar-refractivity contribution in [3.63, 3.8) is 0 Å². The van der Waals surface area contributed by atoms with Gasteiger partial charge in [0.15, 0.2) is 0 Å². The maximum atomic E-state index is 14.3. The van der Waals surface area contributed by atoms with Gasteiger partial charge in [-0.2, -0.15) is 0 Å². The number of hydrogen-bond donors (Lipinski definition) is 0. The molecule has 1 aliphatic heterocycles. The highest BCUT2D eigenvalue weighted by molar-refractivity contribution is 8.05. The van der Waals surface area contributed by atoms with Gasteiger partial charge in [-0.05, 0) is 5.41 Å². The van der Waals surface area contributed by atoms with Gasteiger partial charge in [0.25, 0.3) is 0 Å². The van der Waals surface area contributed by atoms with Crippen molar-refractivity contribution >= 4 is 17.7 Å². The van der Waals surface area contributed by atoms with Crippen molar-refractivity contribution in [1.29, 1.82) is 0 Å². The van der Waals surface area contributed by atoms with E-state index >= 15 is 0 Å². The second kappa shape index (κ2) is 4.84. The van der Waals surface area contributed by atoms with Gasteiger partial charge in [-0.1, -0.05) is 13.2 Å². The zero-order chi connectivity index (χ0) is 11.5. The molecule has 15 heavy (non-hydrogen) atoms. The average Bonchev–Trinajstić information content (AvgIpc) is 2.18. The highest BCUT2D eigenvalue weighted by Gasteiger charge is 2.37. The topological polar surface area (TPSA) is 20.3 Å². The van der Waals surface area contributed by atoms with Crippen LogP contribution in [0.25, 0.3) is 0 Å². The van der Waals surface area contributed by atoms with Crippen molar-refractivity contribution in [1.82, 2.24) is 4.90 Å². The van der Waals surface area contributed by atoms with Crippen molar-refractivity contribution in [2.45, 2.75) is 25.4 Å². The van der Waals surface area contributed by atoms with E-state index in [9.17, 15) is 9.18 Å². The number of halogens is 1. The molecule has 0 atom stereocenters. The molecular weight excluding hydrogens is 213 g/mol. The molecular formula is C11H16FNOS. The fourth-order valence-electron chi connectivity index (χ4n) is 1.66. The summed E-state index contributed by atoms with van der Waals surface area (Å²) in [5.74, 6) is 0.0130. The van der Waals surface area contributed by atoms with Gasteiger partial charge in [-0.3, -0.25) is 4.79 Å². The number of thioether (sulfide) groups is 1. The van der Waals surface area contributed by atoms with Gasteiger partial charge in [-0.15, -0.1) is 11.8 Å². The summed E-state index contributed by atoms with van der Waals surface area (Å²) in [7, 11) is 0. The van der Waals surface area contributed by atoms with Crippen molar-refractivity contribution in [2.75, 3.05) is 13.1 Å². The molecule has 0 unspecified atom stereocenters. The Balaban J connectivity index is 2.57. The molecule has 0 aromatic carbocycles. The van der Waals surface area contributed by atoms with Gasteiger partial charge < -0.3 is 4.90 Å². The molecule has 0 saturated carbocycles. The summed E-state index contributed by atoms with van der Waals surface area (Å²) in [5, 5.41) is 1.58. The molecule has 4 heteroatoms. The van der Waals surface area contributed by atoms with Crippen LogP contribution < -0.4 is 0 Å². The molecule has 1 fully saturated rings. The lowest BCUT2D eigenvalue weighted by atomic mass is 9.93. The van der Waals surface area contributed by atoms with E-state index in [1.54, 1.807) is 10.3 Å². The lowest BCUT2D eigenvalue weighted by molar-refractivity contribution is -0.130. The van der Waals surface area contributed by atoms with Crippen LogP contribution in [0.1, 0.15) is 19.8 Å². The van der Waals surface area contributed by atoms with Crippen LogP contribution in [0.2, 0.25) is 0 Å². The van der Waals surface area contributed by atoms with Gasteiger partial charge in [0.05, 0.1) is 0 Å². The van der Waals surface area contributed by atoms with Crippen molar-refractivity contribution in [3.8, 4) is 0 Å². The maximum Gasteiger partial charge on any atom is 0.219 e. The Morgan fingerprint density at radius 3 is 2.47 bits per heavy atom. The molecule has 1 heterocycles. The summed E-state index contributed by atoms with van der Waals surface area (Å²) < 4.78 is 14.3. The van der Waals surface area contributed by atoms with Crippen LogP contribution in [0.15, 0.2) is 23.5 Å². The molecule has 1 aliphatic rings. The number of allylic oxidation sites excluding steroid dienone is 1. The monoisotopic (exact) mass is 229 g/mol. The van der Waals surface area contributed by atoms with Gasteiger partial charge in [0.2, 0.25) is 5.91 Å². The molecule has 0 spiro atoms. The molecule has 0 N–H and O–H groups in total. The first kappa shape index (κ1) is 12.3. The van der Waals surface area contributed by atoms with Gasteiger partial charge >= 0.3 is 0 Å². The fraction of sp³-hybridized carbons (Fsp3) is 0.545. The second-order valence-corrected chi connectivity index (χ2v) is 4.74. The molecule has 0 aromatic heterocycles. The molecule has 1 amide bonds. The van der Waals surface area contributed by atoms with E-state index in [2.05, 4.69) is 13.2 Å². The summed E-state index contributed by atoms with van der Waals surface area (Å²) in [5.41, 5.74) is -1.34. The lowest BCUT2D eigenvalue weighted by Crippen LogP contribution is -2.44. The van der Waals surface area contributed by atoms with E-state index < -0.39 is 5.67 Å². The van der Waals surface area contributed by atoms with E-state index in [4.69, 9.17) is 0 Å². The Bertz CT molecular complexity index is 282. The van der Waals surface area contributed by atoms with E-state index in [1.807, 2.05) is 0 Å². The molecule has 0 bridgehead atoms. The zero-order valence-electron chi connectivity index (χ0n) is 8.96. The number of likely N-dealkylation sites (tertiary alicyclic amines) is 1. The quantitative estimate of drug-likeness (QED) is 0.741. The predicted molar refractivity (Wildman–Crippen MR) is 62.3 cm³/mol. The minimum atomic E-state index is -1.34. The standard InChI is InChI=1S/C11H16FNOS/c1-4-15-9(2)11(12)5-7-13(8-6-11)10(3)14/h4H,1-2,5-8H2,3H3. The Morgan fingerprint density at radius 1 is 1.53 bits per heavy atom. The molecule has 0 aliphatic carbocycles. The molecule has 0 aromatic rings. The van der Waals surface area contributed by atoms with Crippen LogP contribution in [-0.4, -0.2) is 29.6 Å². The Kier molecular flexibility index (Phi) is 3.97. The summed E-state index contributed by atoms with van der Waals surface area (Å²) in [6.07, 6.45) is 0.679. The zero-order valence-corrected chi connectivity index (χ0v) is 9.78. The van der Waals surface area contributed by atoms with Crippen LogP contribution in [0.3, 0.4) is 0 Å². The Hall–Kier alpha value is -0.770. The smallest absolute Gasteiger partial charge is 0.219 e. The van der Waals surface area contributed by atoms with Gasteiger partial charge in [0.1, 0.15) is 5.67 Å². The Morgan fingerprint density at radius 2 is 2.07 bits per heavy atom. The average molecular weight is 229 g/mol. The first-order chi connectivity index (χ1) is 6.99. The van der Waals surface area contributed by atoms with Gasteiger partial charge in [0, 0.05) is 37.8 Å². The number of amides is 1. The molecule has 84 valence electrons. The summed E-state index contributed by atoms with van der Waals surface area (Å²) in [6.45, 7) is 9.73. The largest absolute Gasteiger partial charge is 0.343 e. The number of carbonyl (C=O) groups excluding carboxylic acids is 1. The Labute approximate surface area is 94.2 Å². The fourth-order valence-corrected chi connectivity index (χ4v) is 2.28. The third-order valence-electron chi connectivity index (χ3n) is 2.73. The molecule has 1 saturated heterocycles. The normalized spacial score (nSPS) is 19.7. The minimum Gasteiger partial charge on any atom is -0.343 e. The lowest BCUT2D eigenvalue weighted by Gasteiger charge is -2.36. The van der Waals surface area contributed by atoms with Crippen molar-refractivity contribution in [3.05, 3.63) is 23.5 Å². The molecule has 2 nitrogen and oxygen atoms in total. The summed E-state index contributed by atoms with van der Waals surface area (Å²) in [4.78, 5) is 13.2. The third kappa shape index (κ3) is 2.84. The second-order valence-electron chi connectivity index (χ2n) is 3.68. The highest BCUT2D eigenvalue weighted by Crippen LogP contribution is 2.38. The number of carbonyl (C=O) groups is 1.